The van der Waals surface area contributed by atoms with Gasteiger partial charge in [0.05, 0.1) is 0 Å². The van der Waals surface area contributed by atoms with Crippen molar-refractivity contribution in [2.75, 3.05) is 0 Å². The maximum absolute atomic E-state index is 14.5. The molecule has 6 unspecified atom stereocenters. The maximum Gasteiger partial charge on any atom is 0 e. The van der Waals surface area contributed by atoms with E-state index in [2.05, 4.69) is 6.92 Å². The van der Waals surface area contributed by atoms with Gasteiger partial charge >= 0.3 is 0 Å². The Morgan fingerprint density at radius 1 is 1.12 bits per heavy atom. The summed E-state index contributed by atoms with van der Waals surface area (Å²) >= 11 is 0. The molecular formula is C14H20FRf2-. The quantitative estimate of drug-likeness (QED) is 0.263. The van der Waals surface area contributed by atoms with Gasteiger partial charge in [0.25, 0.3) is 0 Å². The summed E-state index contributed by atoms with van der Waals surface area (Å²) in [6.07, 6.45) is 6.19. The fourth-order valence-corrected chi connectivity index (χ4v) is 6.05. The minimum atomic E-state index is -0.916. The monoisotopic (exact) mass is 741 g/mol. The molecule has 0 amide bonds. The Bertz CT molecular complexity index is 330. The van der Waals surface area contributed by atoms with Crippen LogP contribution < -0.4 is 0 Å². The van der Waals surface area contributed by atoms with E-state index in [4.69, 9.17) is 0 Å². The van der Waals surface area contributed by atoms with Crippen LogP contribution in [0.4, 0.5) is 4.39 Å². The van der Waals surface area contributed by atoms with Gasteiger partial charge in [-0.1, -0.05) is 43.9 Å². The fraction of sp³-hybridized carbons (Fsp3) is 0.929. The molecule has 0 heterocycles. The van der Waals surface area contributed by atoms with Crippen LogP contribution in [0.5, 0.6) is 0 Å². The van der Waals surface area contributed by atoms with Crippen molar-refractivity contribution in [2.24, 2.45) is 29.1 Å². The van der Waals surface area contributed by atoms with Crippen LogP contribution in [0.15, 0.2) is 0 Å². The van der Waals surface area contributed by atoms with E-state index in [9.17, 15) is 4.39 Å². The van der Waals surface area contributed by atoms with E-state index in [1.54, 1.807) is 0 Å². The van der Waals surface area contributed by atoms with Crippen LogP contribution in [0.1, 0.15) is 46.0 Å². The zero-order valence-electron chi connectivity index (χ0n) is 11.1. The van der Waals surface area contributed by atoms with Gasteiger partial charge in [0, 0.05) is 0 Å². The predicted octanol–water partition coefficient (Wildman–Crippen LogP) is 3.77. The van der Waals surface area contributed by atoms with Crippen molar-refractivity contribution in [3.05, 3.63) is 5.92 Å². The molecule has 4 aliphatic carbocycles. The Morgan fingerprint density at radius 3 is 2.47 bits per heavy atom. The molecule has 0 saturated heterocycles. The molecule has 0 nitrogen and oxygen atoms in total. The first-order valence-electron chi connectivity index (χ1n) is 6.56. The predicted molar refractivity (Wildman–Crippen MR) is 57.9 cm³/mol. The second kappa shape index (κ2) is 2.60. The Hall–Kier alpha value is -2.07. The Balaban J connectivity index is 0.000000540. The molecule has 4 bridgehead atoms. The van der Waals surface area contributed by atoms with Crippen LogP contribution in [0.3, 0.4) is 0 Å². The van der Waals surface area contributed by atoms with Crippen molar-refractivity contribution in [3.8, 4) is 0 Å². The average molecular weight is 741 g/mol. The molecule has 0 radical (unpaired) electrons. The summed E-state index contributed by atoms with van der Waals surface area (Å²) in [7, 11) is 0. The molecule has 4 aliphatic rings. The fourth-order valence-electron chi connectivity index (χ4n) is 6.05. The Kier molecular flexibility index (Phi) is 1.75. The van der Waals surface area contributed by atoms with Crippen LogP contribution >= 0.6 is 0 Å². The summed E-state index contributed by atoms with van der Waals surface area (Å²) in [6.45, 7) is 4.21. The number of fused-ring (bicyclic) bond motifs is 9. The Morgan fingerprint density at radius 2 is 1.76 bits per heavy atom. The summed E-state index contributed by atoms with van der Waals surface area (Å²) in [5, 5.41) is 0. The molecule has 4 rings (SSSR count). The minimum Gasteiger partial charge on any atom is -0.279 e. The molecule has 0 aromatic rings. The second-order valence-corrected chi connectivity index (χ2v) is 7.12. The first-order chi connectivity index (χ1) is 7.01. The molecule has 88 valence electrons. The van der Waals surface area contributed by atoms with E-state index in [0.29, 0.717) is 11.3 Å². The van der Waals surface area contributed by atoms with E-state index in [0.717, 1.165) is 30.6 Å². The number of hydrogen-bond donors (Lipinski definition) is 0. The molecule has 4 saturated carbocycles. The third kappa shape index (κ3) is 0.940. The van der Waals surface area contributed by atoms with Gasteiger partial charge in [-0.05, 0) is 24.4 Å². The van der Waals surface area contributed by atoms with Crippen LogP contribution in [-0.2, 0) is 0 Å². The molecule has 3 heteroatoms. The van der Waals surface area contributed by atoms with Gasteiger partial charge in [-0.3, -0.25) is 10.3 Å². The summed E-state index contributed by atoms with van der Waals surface area (Å²) in [5.74, 6) is 4.71. The molecular weight excluding hydrogens is 721 g/mol. The van der Waals surface area contributed by atoms with Crippen LogP contribution in [-0.4, -0.2) is 5.67 Å². The number of hydrogen-bond acceptors (Lipinski definition) is 0. The maximum atomic E-state index is 14.5. The van der Waals surface area contributed by atoms with Crippen molar-refractivity contribution < 1.29 is 4.39 Å². The van der Waals surface area contributed by atoms with E-state index < -0.39 is 5.67 Å². The van der Waals surface area contributed by atoms with Crippen molar-refractivity contribution in [3.63, 3.8) is 0 Å². The van der Waals surface area contributed by atoms with Crippen LogP contribution in [0.25, 0.3) is 0 Å². The molecule has 6 atom stereocenters. The van der Waals surface area contributed by atoms with Gasteiger partial charge in [-0.2, -0.15) is 12.3 Å². The molecule has 0 aromatic heterocycles. The topological polar surface area (TPSA) is 0 Å². The normalized spacial score (nSPS) is 58.8. The molecule has 4 fully saturated rings. The summed E-state index contributed by atoms with van der Waals surface area (Å²) in [6, 6.07) is 0. The van der Waals surface area contributed by atoms with Crippen LogP contribution in [0.2, 0.25) is 0 Å². The van der Waals surface area contributed by atoms with Gasteiger partial charge in [0.2, 0.25) is 0 Å². The summed E-state index contributed by atoms with van der Waals surface area (Å²) < 4.78 is 14.5. The minimum absolute atomic E-state index is 0. The van der Waals surface area contributed by atoms with E-state index in [-0.39, 0.29) is 0 Å². The van der Waals surface area contributed by atoms with Gasteiger partial charge in [-0.25, -0.2) is 0 Å². The standard InChI is InChI=1S/C14H20F.2Rf/c1-13-6-10(14(2,15)7-13)11-8-3-4-9(5-8)12(11)13;;/h8-9,11-12H,3-7H2,1-2H3;;/q-1;;. The van der Waals surface area contributed by atoms with Gasteiger partial charge < -0.3 is 0 Å². The number of alkyl halides is 1. The van der Waals surface area contributed by atoms with Gasteiger partial charge in [0.15, 0.2) is 0 Å². The molecule has 0 spiro atoms. The third-order valence-electron chi connectivity index (χ3n) is 6.12. The zero-order chi connectivity index (χ0) is 10.4. The van der Waals surface area contributed by atoms with E-state index in [1.807, 2.05) is 6.92 Å². The number of rotatable bonds is 0. The van der Waals surface area contributed by atoms with Crippen molar-refractivity contribution in [2.45, 2.75) is 51.6 Å². The number of halogens is 1. The molecule has 17 heavy (non-hydrogen) atoms. The third-order valence-corrected chi connectivity index (χ3v) is 6.12. The van der Waals surface area contributed by atoms with E-state index >= 15 is 0 Å². The van der Waals surface area contributed by atoms with E-state index in [1.165, 1.54) is 25.2 Å². The zero-order valence-corrected chi connectivity index (χ0v) is 23.9. The molecule has 0 aliphatic heterocycles. The molecule has 0 N–H and O–H groups in total. The molecule has 0 aromatic carbocycles. The first-order valence-corrected chi connectivity index (χ1v) is 6.56. The Labute approximate surface area is 91.6 Å². The summed E-state index contributed by atoms with van der Waals surface area (Å²) in [4.78, 5) is 0. The smallest absolute Gasteiger partial charge is 0 e. The van der Waals surface area contributed by atoms with Crippen molar-refractivity contribution in [1.29, 1.82) is 0 Å². The van der Waals surface area contributed by atoms with Crippen molar-refractivity contribution >= 4 is 0 Å². The van der Waals surface area contributed by atoms with Crippen LogP contribution in [0, 0.1) is 35.0 Å². The second-order valence-electron chi connectivity index (χ2n) is 7.12. The van der Waals surface area contributed by atoms with Gasteiger partial charge in [0.1, 0.15) is 0 Å². The SMILES string of the molecule is CC1(F)CC2(C)C[C-]1C1C3CCC(C3)C12.[Rf].[Rf]. The van der Waals surface area contributed by atoms with Gasteiger partial charge in [-0.15, -0.1) is 0 Å². The largest absolute Gasteiger partial charge is 0.279 e. The van der Waals surface area contributed by atoms with Crippen molar-refractivity contribution in [1.82, 2.24) is 0 Å². The summed E-state index contributed by atoms with van der Waals surface area (Å²) in [5.41, 5.74) is -0.580. The first kappa shape index (κ1) is 11.4. The average Bonchev–Trinajstić information content (AvgIpc) is 2.76.